The number of hydrogen-bond acceptors (Lipinski definition) is 6. The van der Waals surface area contributed by atoms with Crippen molar-refractivity contribution >= 4 is 5.95 Å². The zero-order chi connectivity index (χ0) is 13.7. The predicted octanol–water partition coefficient (Wildman–Crippen LogP) is 2.13. The summed E-state index contributed by atoms with van der Waals surface area (Å²) in [5.74, 6) is 1.95. The molecule has 1 N–H and O–H groups in total. The summed E-state index contributed by atoms with van der Waals surface area (Å²) in [6, 6.07) is 0.539. The van der Waals surface area contributed by atoms with Gasteiger partial charge in [0.05, 0.1) is 14.2 Å². The molecule has 1 heterocycles. The Bertz CT molecular complexity index is 391. The molecule has 6 nitrogen and oxygen atoms in total. The van der Waals surface area contributed by atoms with Gasteiger partial charge in [0.25, 0.3) is 0 Å². The van der Waals surface area contributed by atoms with E-state index in [4.69, 9.17) is 9.47 Å². The average molecular weight is 266 g/mol. The van der Waals surface area contributed by atoms with Gasteiger partial charge in [-0.3, -0.25) is 0 Å². The molecule has 1 aliphatic carbocycles. The van der Waals surface area contributed by atoms with Crippen molar-refractivity contribution in [1.82, 2.24) is 15.0 Å². The van der Waals surface area contributed by atoms with E-state index in [2.05, 4.69) is 27.2 Å². The molecule has 0 aromatic carbocycles. The Balaban J connectivity index is 1.98. The lowest BCUT2D eigenvalue weighted by atomic mass is 9.80. The highest BCUT2D eigenvalue weighted by atomic mass is 16.5. The van der Waals surface area contributed by atoms with Gasteiger partial charge in [-0.05, 0) is 18.3 Å². The molecule has 1 aromatic rings. The predicted molar refractivity (Wildman–Crippen MR) is 72.5 cm³/mol. The van der Waals surface area contributed by atoms with Crippen molar-refractivity contribution in [3.63, 3.8) is 0 Å². The summed E-state index contributed by atoms with van der Waals surface area (Å²) in [4.78, 5) is 12.3. The van der Waals surface area contributed by atoms with Gasteiger partial charge in [-0.15, -0.1) is 4.98 Å². The average Bonchev–Trinajstić information content (AvgIpc) is 2.46. The molecule has 0 spiro atoms. The second-order valence-electron chi connectivity index (χ2n) is 5.04. The molecule has 106 valence electrons. The van der Waals surface area contributed by atoms with E-state index in [1.165, 1.54) is 39.9 Å². The third-order valence-electron chi connectivity index (χ3n) is 3.77. The Labute approximate surface area is 114 Å². The summed E-state index contributed by atoms with van der Waals surface area (Å²) >= 11 is 0. The smallest absolute Gasteiger partial charge is 0.324 e. The van der Waals surface area contributed by atoms with Gasteiger partial charge in [0, 0.05) is 6.54 Å². The maximum Gasteiger partial charge on any atom is 0.324 e. The minimum atomic E-state index is 0.269. The molecule has 2 unspecified atom stereocenters. The van der Waals surface area contributed by atoms with E-state index < -0.39 is 0 Å². The molecule has 2 atom stereocenters. The van der Waals surface area contributed by atoms with Crippen molar-refractivity contribution in [3.05, 3.63) is 0 Å². The molecule has 2 rings (SSSR count). The quantitative estimate of drug-likeness (QED) is 0.880. The van der Waals surface area contributed by atoms with Gasteiger partial charge in [0.15, 0.2) is 0 Å². The van der Waals surface area contributed by atoms with Crippen LogP contribution >= 0.6 is 0 Å². The summed E-state index contributed by atoms with van der Waals surface area (Å²) in [5.41, 5.74) is 0. The Morgan fingerprint density at radius 3 is 2.26 bits per heavy atom. The second-order valence-corrected chi connectivity index (χ2v) is 5.04. The van der Waals surface area contributed by atoms with Gasteiger partial charge in [-0.1, -0.05) is 26.2 Å². The lowest BCUT2D eigenvalue weighted by Crippen LogP contribution is -2.25. The van der Waals surface area contributed by atoms with Crippen LogP contribution in [0.25, 0.3) is 0 Å². The van der Waals surface area contributed by atoms with Crippen LogP contribution in [0.5, 0.6) is 12.0 Å². The molecule has 0 saturated heterocycles. The zero-order valence-corrected chi connectivity index (χ0v) is 11.8. The molecular formula is C13H22N4O2. The lowest BCUT2D eigenvalue weighted by molar-refractivity contribution is 0.268. The van der Waals surface area contributed by atoms with E-state index in [1.807, 2.05) is 0 Å². The van der Waals surface area contributed by atoms with E-state index in [9.17, 15) is 0 Å². The van der Waals surface area contributed by atoms with Gasteiger partial charge in [0.2, 0.25) is 5.95 Å². The fourth-order valence-corrected chi connectivity index (χ4v) is 2.52. The molecule has 1 aromatic heterocycles. The summed E-state index contributed by atoms with van der Waals surface area (Å²) in [5, 5.41) is 3.27. The number of nitrogens with zero attached hydrogens (tertiary/aromatic N) is 3. The number of rotatable bonds is 5. The van der Waals surface area contributed by atoms with Crippen LogP contribution in [0.15, 0.2) is 0 Å². The van der Waals surface area contributed by atoms with Crippen molar-refractivity contribution in [1.29, 1.82) is 0 Å². The van der Waals surface area contributed by atoms with Gasteiger partial charge < -0.3 is 14.8 Å². The first-order valence-corrected chi connectivity index (χ1v) is 6.81. The highest BCUT2D eigenvalue weighted by Gasteiger charge is 2.21. The van der Waals surface area contributed by atoms with Crippen LogP contribution in [0.2, 0.25) is 0 Å². The SMILES string of the molecule is COc1nc(NCC2CCCCC2C)nc(OC)n1. The van der Waals surface area contributed by atoms with Crippen molar-refractivity contribution in [2.75, 3.05) is 26.1 Å². The van der Waals surface area contributed by atoms with Crippen LogP contribution < -0.4 is 14.8 Å². The van der Waals surface area contributed by atoms with E-state index in [-0.39, 0.29) is 12.0 Å². The fourth-order valence-electron chi connectivity index (χ4n) is 2.52. The summed E-state index contributed by atoms with van der Waals surface area (Å²) in [6.07, 6.45) is 5.26. The molecule has 0 bridgehead atoms. The highest BCUT2D eigenvalue weighted by molar-refractivity contribution is 5.27. The maximum atomic E-state index is 5.03. The highest BCUT2D eigenvalue weighted by Crippen LogP contribution is 2.29. The Morgan fingerprint density at radius 1 is 1.05 bits per heavy atom. The molecule has 0 aliphatic heterocycles. The topological polar surface area (TPSA) is 69.2 Å². The van der Waals surface area contributed by atoms with Crippen LogP contribution in [0, 0.1) is 11.8 Å². The van der Waals surface area contributed by atoms with E-state index in [1.54, 1.807) is 0 Å². The Morgan fingerprint density at radius 2 is 1.68 bits per heavy atom. The van der Waals surface area contributed by atoms with Gasteiger partial charge in [-0.2, -0.15) is 9.97 Å². The maximum absolute atomic E-state index is 5.03. The van der Waals surface area contributed by atoms with Crippen LogP contribution in [0.4, 0.5) is 5.95 Å². The summed E-state index contributed by atoms with van der Waals surface area (Å²) in [6.45, 7) is 3.21. The molecule has 0 amide bonds. The molecule has 1 aliphatic rings. The Kier molecular flexibility index (Phi) is 4.76. The first kappa shape index (κ1) is 13.8. The standard InChI is InChI=1S/C13H22N4O2/c1-9-6-4-5-7-10(9)8-14-11-15-12(18-2)17-13(16-11)19-3/h9-10H,4-8H2,1-3H3,(H,14,15,16,17). The lowest BCUT2D eigenvalue weighted by Gasteiger charge is -2.28. The van der Waals surface area contributed by atoms with Crippen LogP contribution in [0.1, 0.15) is 32.6 Å². The fraction of sp³-hybridized carbons (Fsp3) is 0.769. The normalized spacial score (nSPS) is 22.9. The van der Waals surface area contributed by atoms with Crippen molar-refractivity contribution in [3.8, 4) is 12.0 Å². The first-order chi connectivity index (χ1) is 9.22. The molecular weight excluding hydrogens is 244 g/mol. The van der Waals surface area contributed by atoms with Crippen LogP contribution in [0.3, 0.4) is 0 Å². The van der Waals surface area contributed by atoms with E-state index in [0.29, 0.717) is 11.9 Å². The van der Waals surface area contributed by atoms with Crippen molar-refractivity contribution in [2.45, 2.75) is 32.6 Å². The van der Waals surface area contributed by atoms with Gasteiger partial charge >= 0.3 is 12.0 Å². The number of anilines is 1. The molecule has 19 heavy (non-hydrogen) atoms. The van der Waals surface area contributed by atoms with Crippen molar-refractivity contribution in [2.24, 2.45) is 11.8 Å². The Hall–Kier alpha value is -1.59. The zero-order valence-electron chi connectivity index (χ0n) is 11.8. The number of aromatic nitrogens is 3. The monoisotopic (exact) mass is 266 g/mol. The first-order valence-electron chi connectivity index (χ1n) is 6.81. The molecule has 1 fully saturated rings. The number of nitrogens with one attached hydrogen (secondary N) is 1. The van der Waals surface area contributed by atoms with Crippen molar-refractivity contribution < 1.29 is 9.47 Å². The van der Waals surface area contributed by atoms with Gasteiger partial charge in [-0.25, -0.2) is 0 Å². The minimum Gasteiger partial charge on any atom is -0.467 e. The number of hydrogen-bond donors (Lipinski definition) is 1. The second kappa shape index (κ2) is 6.54. The molecule has 0 radical (unpaired) electrons. The minimum absolute atomic E-state index is 0.269. The third kappa shape index (κ3) is 3.68. The number of methoxy groups -OCH3 is 2. The van der Waals surface area contributed by atoms with Crippen LogP contribution in [-0.4, -0.2) is 35.7 Å². The van der Waals surface area contributed by atoms with Crippen LogP contribution in [-0.2, 0) is 0 Å². The van der Waals surface area contributed by atoms with Gasteiger partial charge in [0.1, 0.15) is 0 Å². The third-order valence-corrected chi connectivity index (χ3v) is 3.77. The number of ether oxygens (including phenoxy) is 2. The molecule has 1 saturated carbocycles. The largest absolute Gasteiger partial charge is 0.467 e. The summed E-state index contributed by atoms with van der Waals surface area (Å²) < 4.78 is 10.1. The van der Waals surface area contributed by atoms with E-state index in [0.717, 1.165) is 12.5 Å². The summed E-state index contributed by atoms with van der Waals surface area (Å²) in [7, 11) is 3.06. The molecule has 6 heteroatoms. The van der Waals surface area contributed by atoms with E-state index >= 15 is 0 Å².